The smallest absolute Gasteiger partial charge is 0.333 e. The Morgan fingerprint density at radius 1 is 0.821 bits per heavy atom. The maximum absolute atomic E-state index is 14.6. The van der Waals surface area contributed by atoms with Gasteiger partial charge in [0.1, 0.15) is 0 Å². The van der Waals surface area contributed by atoms with Gasteiger partial charge in [-0.15, -0.1) is 0 Å². The first-order chi connectivity index (χ1) is 13.7. The lowest BCUT2D eigenvalue weighted by Crippen LogP contribution is -2.22. The van der Waals surface area contributed by atoms with E-state index in [-0.39, 0.29) is 0 Å². The first-order valence-corrected chi connectivity index (χ1v) is 10.6. The van der Waals surface area contributed by atoms with Crippen LogP contribution in [-0.2, 0) is 18.8 Å². The summed E-state index contributed by atoms with van der Waals surface area (Å²) in [6.07, 6.45) is 2.43. The predicted octanol–water partition coefficient (Wildman–Crippen LogP) is 4.40. The summed E-state index contributed by atoms with van der Waals surface area (Å²) in [5.74, 6) is -1.33. The van der Waals surface area contributed by atoms with Crippen molar-refractivity contribution in [1.29, 1.82) is 0 Å². The van der Waals surface area contributed by atoms with Crippen LogP contribution in [0.4, 0.5) is 0 Å². The molecule has 0 aromatic heterocycles. The molecule has 3 aromatic carbocycles. The van der Waals surface area contributed by atoms with Crippen LogP contribution in [0.3, 0.4) is 0 Å². The van der Waals surface area contributed by atoms with E-state index in [4.69, 9.17) is 4.74 Å². The quantitative estimate of drug-likeness (QED) is 0.259. The lowest BCUT2D eigenvalue weighted by molar-refractivity contribution is -0.135. The second kappa shape index (κ2) is 9.20. The van der Waals surface area contributed by atoms with Crippen LogP contribution in [0.15, 0.2) is 103 Å². The van der Waals surface area contributed by atoms with E-state index in [1.54, 1.807) is 0 Å². The molecule has 0 fully saturated rings. The lowest BCUT2D eigenvalue weighted by Gasteiger charge is -2.28. The zero-order chi connectivity index (χ0) is 19.8. The molecule has 0 saturated carbocycles. The first-order valence-electron chi connectivity index (χ1n) is 8.82. The van der Waals surface area contributed by atoms with Crippen LogP contribution in [-0.4, -0.2) is 13.1 Å². The average molecular weight is 392 g/mol. The number of rotatable bonds is 7. The van der Waals surface area contributed by atoms with E-state index < -0.39 is 19.0 Å². The van der Waals surface area contributed by atoms with Gasteiger partial charge in [-0.25, -0.2) is 4.79 Å². The van der Waals surface area contributed by atoms with Gasteiger partial charge >= 0.3 is 5.97 Å². The predicted molar refractivity (Wildman–Crippen MR) is 111 cm³/mol. The van der Waals surface area contributed by atoms with Crippen LogP contribution in [0.25, 0.3) is 0 Å². The van der Waals surface area contributed by atoms with Crippen LogP contribution < -0.4 is 10.6 Å². The molecule has 0 aliphatic carbocycles. The van der Waals surface area contributed by atoms with Crippen molar-refractivity contribution < 1.29 is 18.8 Å². The van der Waals surface area contributed by atoms with Crippen molar-refractivity contribution in [2.24, 2.45) is 0 Å². The fourth-order valence-electron chi connectivity index (χ4n) is 2.95. The Kier molecular flexibility index (Phi) is 6.46. The highest BCUT2D eigenvalue weighted by Crippen LogP contribution is 2.57. The molecule has 4 nitrogen and oxygen atoms in total. The van der Waals surface area contributed by atoms with Crippen LogP contribution in [0, 0.1) is 0 Å². The van der Waals surface area contributed by atoms with Gasteiger partial charge in [0.25, 0.3) is 0 Å². The molecule has 0 saturated heterocycles. The molecule has 0 heterocycles. The lowest BCUT2D eigenvalue weighted by atomic mass is 10.2. The van der Waals surface area contributed by atoms with Gasteiger partial charge in [-0.1, -0.05) is 91.0 Å². The zero-order valence-electron chi connectivity index (χ0n) is 15.5. The van der Waals surface area contributed by atoms with Gasteiger partial charge in [0.05, 0.1) is 19.4 Å². The van der Waals surface area contributed by atoms with E-state index in [1.165, 1.54) is 19.4 Å². The second-order valence-corrected chi connectivity index (χ2v) is 8.87. The molecule has 0 aliphatic rings. The van der Waals surface area contributed by atoms with Gasteiger partial charge in [0, 0.05) is 16.2 Å². The van der Waals surface area contributed by atoms with Gasteiger partial charge in [-0.2, -0.15) is 0 Å². The van der Waals surface area contributed by atoms with Gasteiger partial charge in [0.2, 0.25) is 0 Å². The molecule has 3 aromatic rings. The topological polar surface area (TPSA) is 52.6 Å². The number of hydrogen-bond acceptors (Lipinski definition) is 4. The zero-order valence-corrected chi connectivity index (χ0v) is 16.4. The van der Waals surface area contributed by atoms with Crippen LogP contribution >= 0.6 is 7.14 Å². The molecular weight excluding hydrogens is 371 g/mol. The van der Waals surface area contributed by atoms with Crippen molar-refractivity contribution in [3.63, 3.8) is 0 Å². The Morgan fingerprint density at radius 3 is 1.75 bits per heavy atom. The van der Waals surface area contributed by atoms with Crippen molar-refractivity contribution in [3.8, 4) is 0 Å². The summed E-state index contributed by atoms with van der Waals surface area (Å²) < 4.78 is 25.1. The van der Waals surface area contributed by atoms with Crippen LogP contribution in [0.5, 0.6) is 0 Å². The van der Waals surface area contributed by atoms with Gasteiger partial charge in [-0.3, -0.25) is 0 Å². The Labute approximate surface area is 164 Å². The Hall–Kier alpha value is -3.10. The Morgan fingerprint density at radius 2 is 1.29 bits per heavy atom. The van der Waals surface area contributed by atoms with E-state index in [9.17, 15) is 9.36 Å². The average Bonchev–Trinajstić information content (AvgIpc) is 2.78. The first kappa shape index (κ1) is 19.7. The minimum absolute atomic E-state index is 0.541. The highest BCUT2D eigenvalue weighted by molar-refractivity contribution is 7.78. The molecule has 0 bridgehead atoms. The fraction of sp³-hybridized carbons (Fsp3) is 0.0870. The third kappa shape index (κ3) is 4.24. The van der Waals surface area contributed by atoms with Crippen molar-refractivity contribution >= 4 is 23.7 Å². The molecule has 0 aliphatic heterocycles. The number of hydrogen-bond donors (Lipinski definition) is 0. The summed E-state index contributed by atoms with van der Waals surface area (Å²) in [4.78, 5) is 11.5. The highest BCUT2D eigenvalue weighted by Gasteiger charge is 2.39. The maximum Gasteiger partial charge on any atom is 0.333 e. The summed E-state index contributed by atoms with van der Waals surface area (Å²) in [5.41, 5.74) is 0.757. The van der Waals surface area contributed by atoms with Gasteiger partial charge in [-0.05, 0) is 0 Å². The van der Waals surface area contributed by atoms with Crippen LogP contribution in [0.1, 0.15) is 11.4 Å². The molecule has 3 rings (SSSR count). The van der Waals surface area contributed by atoms with Crippen molar-refractivity contribution in [3.05, 3.63) is 109 Å². The summed E-state index contributed by atoms with van der Waals surface area (Å²) >= 11 is 0. The maximum atomic E-state index is 14.6. The van der Waals surface area contributed by atoms with Crippen molar-refractivity contribution in [2.75, 3.05) is 7.11 Å². The Bertz CT molecular complexity index is 926. The van der Waals surface area contributed by atoms with E-state index in [1.807, 2.05) is 91.0 Å². The van der Waals surface area contributed by atoms with Crippen molar-refractivity contribution in [2.45, 2.75) is 5.85 Å². The van der Waals surface area contributed by atoms with Crippen LogP contribution in [0.2, 0.25) is 0 Å². The van der Waals surface area contributed by atoms with E-state index in [2.05, 4.69) is 4.74 Å². The van der Waals surface area contributed by atoms with Gasteiger partial charge in [0.15, 0.2) is 13.0 Å². The third-order valence-corrected chi connectivity index (χ3v) is 7.52. The minimum Gasteiger partial charge on any atom is -0.485 e. The Balaban J connectivity index is 2.16. The summed E-state index contributed by atoms with van der Waals surface area (Å²) in [6, 6.07) is 27.9. The molecule has 142 valence electrons. The molecule has 1 unspecified atom stereocenters. The number of benzene rings is 3. The monoisotopic (exact) mass is 392 g/mol. The highest BCUT2D eigenvalue weighted by atomic mass is 31.2. The summed E-state index contributed by atoms with van der Waals surface area (Å²) in [7, 11) is -1.96. The SMILES string of the molecule is COC(=O)/C=C/OC(c1ccccc1)P(=O)(c1ccccc1)c1ccccc1. The molecule has 1 atom stereocenters. The molecule has 28 heavy (non-hydrogen) atoms. The third-order valence-electron chi connectivity index (χ3n) is 4.31. The number of carbonyl (C=O) groups is 1. The van der Waals surface area contributed by atoms with E-state index in [0.717, 1.165) is 5.56 Å². The molecule has 5 heteroatoms. The number of carbonyl (C=O) groups excluding carboxylic acids is 1. The standard InChI is InChI=1S/C23H21O4P/c1-26-22(24)17-18-27-23(19-11-5-2-6-12-19)28(25,20-13-7-3-8-14-20)21-15-9-4-10-16-21/h2-18,23H,1H3/b18-17+. The minimum atomic E-state index is -3.25. The molecule has 0 spiro atoms. The number of ether oxygens (including phenoxy) is 2. The largest absolute Gasteiger partial charge is 0.485 e. The van der Waals surface area contributed by atoms with E-state index >= 15 is 0 Å². The summed E-state index contributed by atoms with van der Waals surface area (Å²) in [6.45, 7) is 0. The molecule has 0 radical (unpaired) electrons. The van der Waals surface area contributed by atoms with E-state index in [0.29, 0.717) is 10.6 Å². The molecule has 0 amide bonds. The number of methoxy groups -OCH3 is 1. The summed E-state index contributed by atoms with van der Waals surface area (Å²) in [5, 5.41) is 1.36. The molecule has 0 N–H and O–H groups in total. The normalized spacial score (nSPS) is 12.5. The fourth-order valence-corrected chi connectivity index (χ4v) is 5.85. The van der Waals surface area contributed by atoms with Crippen molar-refractivity contribution in [1.82, 2.24) is 0 Å². The number of esters is 1. The van der Waals surface area contributed by atoms with Gasteiger partial charge < -0.3 is 14.0 Å². The second-order valence-electron chi connectivity index (χ2n) is 6.05. The molecular formula is C23H21O4P.